The molecular formula is C11H14ClNO. The molecule has 1 aromatic rings. The molecule has 3 heteroatoms. The molecule has 0 aliphatic carbocycles. The van der Waals surface area contributed by atoms with Crippen LogP contribution in [0.25, 0.3) is 0 Å². The monoisotopic (exact) mass is 211 g/mol. The average molecular weight is 212 g/mol. The summed E-state index contributed by atoms with van der Waals surface area (Å²) in [6, 6.07) is 3.55. The van der Waals surface area contributed by atoms with Crippen LogP contribution in [-0.4, -0.2) is 10.8 Å². The van der Waals surface area contributed by atoms with Gasteiger partial charge in [0, 0.05) is 12.1 Å². The van der Waals surface area contributed by atoms with Crippen molar-refractivity contribution in [3.63, 3.8) is 0 Å². The lowest BCUT2D eigenvalue weighted by Crippen LogP contribution is -2.05. The van der Waals surface area contributed by atoms with Crippen molar-refractivity contribution in [2.45, 2.75) is 27.2 Å². The number of Topliss-reactive ketones (excluding diaryl/α,β-unsaturated/α-hetero) is 1. The van der Waals surface area contributed by atoms with Crippen LogP contribution in [0.5, 0.6) is 0 Å². The number of aryl methyl sites for hydroxylation is 1. The first kappa shape index (κ1) is 11.2. The zero-order chi connectivity index (χ0) is 10.7. The van der Waals surface area contributed by atoms with Gasteiger partial charge in [-0.25, -0.2) is 4.98 Å². The highest BCUT2D eigenvalue weighted by Gasteiger charge is 2.12. The molecule has 0 saturated heterocycles. The lowest BCUT2D eigenvalue weighted by Gasteiger charge is -2.05. The van der Waals surface area contributed by atoms with E-state index < -0.39 is 0 Å². The largest absolute Gasteiger partial charge is 0.294 e. The number of carbonyl (C=O) groups excluding carboxylic acids is 1. The molecule has 0 atom stereocenters. The summed E-state index contributed by atoms with van der Waals surface area (Å²) in [6.45, 7) is 5.86. The SMILES string of the molecule is Cc1ccc(C(=O)CC(C)C)c(Cl)n1. The molecule has 1 rings (SSSR count). The first-order chi connectivity index (χ1) is 6.50. The zero-order valence-corrected chi connectivity index (χ0v) is 9.43. The van der Waals surface area contributed by atoms with Gasteiger partial charge in [-0.3, -0.25) is 4.79 Å². The van der Waals surface area contributed by atoms with E-state index in [1.165, 1.54) is 0 Å². The van der Waals surface area contributed by atoms with Gasteiger partial charge in [-0.2, -0.15) is 0 Å². The van der Waals surface area contributed by atoms with Crippen molar-refractivity contribution in [2.75, 3.05) is 0 Å². The standard InChI is InChI=1S/C11H14ClNO/c1-7(2)6-10(14)9-5-4-8(3)13-11(9)12/h4-5,7H,6H2,1-3H3. The number of nitrogens with zero attached hydrogens (tertiary/aromatic N) is 1. The molecule has 0 saturated carbocycles. The Bertz CT molecular complexity index is 347. The van der Waals surface area contributed by atoms with Crippen molar-refractivity contribution in [3.8, 4) is 0 Å². The number of rotatable bonds is 3. The van der Waals surface area contributed by atoms with E-state index in [9.17, 15) is 4.79 Å². The van der Waals surface area contributed by atoms with E-state index >= 15 is 0 Å². The van der Waals surface area contributed by atoms with Gasteiger partial charge >= 0.3 is 0 Å². The molecule has 0 aliphatic rings. The second-order valence-corrected chi connectivity index (χ2v) is 4.17. The summed E-state index contributed by atoms with van der Waals surface area (Å²) in [5, 5.41) is 0.315. The summed E-state index contributed by atoms with van der Waals surface area (Å²) in [7, 11) is 0. The van der Waals surface area contributed by atoms with Crippen molar-refractivity contribution < 1.29 is 4.79 Å². The highest BCUT2D eigenvalue weighted by Crippen LogP contribution is 2.17. The first-order valence-electron chi connectivity index (χ1n) is 4.67. The van der Waals surface area contributed by atoms with Crippen LogP contribution >= 0.6 is 11.6 Å². The minimum Gasteiger partial charge on any atom is -0.294 e. The van der Waals surface area contributed by atoms with Gasteiger partial charge in [0.05, 0.1) is 5.56 Å². The molecule has 0 radical (unpaired) electrons. The van der Waals surface area contributed by atoms with Gasteiger partial charge in [0.2, 0.25) is 0 Å². The molecule has 0 bridgehead atoms. The van der Waals surface area contributed by atoms with E-state index in [0.717, 1.165) is 5.69 Å². The van der Waals surface area contributed by atoms with Crippen LogP contribution in [0.1, 0.15) is 36.3 Å². The molecule has 0 amide bonds. The molecule has 14 heavy (non-hydrogen) atoms. The highest BCUT2D eigenvalue weighted by molar-refractivity contribution is 6.32. The van der Waals surface area contributed by atoms with E-state index in [2.05, 4.69) is 4.98 Å². The van der Waals surface area contributed by atoms with E-state index in [1.54, 1.807) is 12.1 Å². The van der Waals surface area contributed by atoms with Crippen LogP contribution in [0, 0.1) is 12.8 Å². The number of pyridine rings is 1. The van der Waals surface area contributed by atoms with E-state index in [-0.39, 0.29) is 5.78 Å². The lowest BCUT2D eigenvalue weighted by atomic mass is 10.0. The quantitative estimate of drug-likeness (QED) is 0.568. The second kappa shape index (κ2) is 4.56. The molecule has 1 heterocycles. The van der Waals surface area contributed by atoms with Crippen LogP contribution in [0.15, 0.2) is 12.1 Å². The maximum absolute atomic E-state index is 11.7. The Morgan fingerprint density at radius 3 is 2.64 bits per heavy atom. The predicted molar refractivity (Wildman–Crippen MR) is 57.8 cm³/mol. The molecule has 76 valence electrons. The van der Waals surface area contributed by atoms with Gasteiger partial charge in [0.15, 0.2) is 5.78 Å². The van der Waals surface area contributed by atoms with E-state index in [1.807, 2.05) is 20.8 Å². The maximum atomic E-state index is 11.7. The summed E-state index contributed by atoms with van der Waals surface area (Å²) in [5.74, 6) is 0.414. The van der Waals surface area contributed by atoms with Crippen LogP contribution in [-0.2, 0) is 0 Å². The Morgan fingerprint density at radius 1 is 1.50 bits per heavy atom. The second-order valence-electron chi connectivity index (χ2n) is 3.81. The lowest BCUT2D eigenvalue weighted by molar-refractivity contribution is 0.0967. The minimum absolute atomic E-state index is 0.0671. The van der Waals surface area contributed by atoms with Gasteiger partial charge < -0.3 is 0 Å². The van der Waals surface area contributed by atoms with E-state index in [4.69, 9.17) is 11.6 Å². The van der Waals surface area contributed by atoms with Crippen LogP contribution in [0.4, 0.5) is 0 Å². The van der Waals surface area contributed by atoms with Gasteiger partial charge in [0.25, 0.3) is 0 Å². The predicted octanol–water partition coefficient (Wildman–Crippen LogP) is 3.27. The highest BCUT2D eigenvalue weighted by atomic mass is 35.5. The molecule has 1 aromatic heterocycles. The Hall–Kier alpha value is -0.890. The first-order valence-corrected chi connectivity index (χ1v) is 5.05. The number of ketones is 1. The Morgan fingerprint density at radius 2 is 2.14 bits per heavy atom. The topological polar surface area (TPSA) is 30.0 Å². The summed E-state index contributed by atoms with van der Waals surface area (Å²) < 4.78 is 0. The molecular weight excluding hydrogens is 198 g/mol. The third kappa shape index (κ3) is 2.81. The van der Waals surface area contributed by atoms with Gasteiger partial charge in [-0.1, -0.05) is 25.4 Å². The third-order valence-electron chi connectivity index (χ3n) is 1.88. The number of carbonyl (C=O) groups is 1. The van der Waals surface area contributed by atoms with Crippen LogP contribution < -0.4 is 0 Å². The molecule has 0 fully saturated rings. The van der Waals surface area contributed by atoms with Gasteiger partial charge in [-0.05, 0) is 25.0 Å². The number of hydrogen-bond donors (Lipinski definition) is 0. The normalized spacial score (nSPS) is 10.6. The van der Waals surface area contributed by atoms with Crippen molar-refractivity contribution in [2.24, 2.45) is 5.92 Å². The molecule has 0 N–H and O–H groups in total. The number of halogens is 1. The Kier molecular flexibility index (Phi) is 3.64. The van der Waals surface area contributed by atoms with Crippen LogP contribution in [0.3, 0.4) is 0 Å². The average Bonchev–Trinajstić information content (AvgIpc) is 2.01. The van der Waals surface area contributed by atoms with E-state index in [0.29, 0.717) is 23.1 Å². The molecule has 0 aromatic carbocycles. The van der Waals surface area contributed by atoms with Gasteiger partial charge in [0.1, 0.15) is 5.15 Å². The Balaban J connectivity index is 2.90. The maximum Gasteiger partial charge on any atom is 0.166 e. The minimum atomic E-state index is 0.0671. The summed E-state index contributed by atoms with van der Waals surface area (Å²) in [5.41, 5.74) is 1.36. The number of hydrogen-bond acceptors (Lipinski definition) is 2. The van der Waals surface area contributed by atoms with Crippen LogP contribution in [0.2, 0.25) is 5.15 Å². The summed E-state index contributed by atoms with van der Waals surface area (Å²) in [6.07, 6.45) is 0.518. The summed E-state index contributed by atoms with van der Waals surface area (Å²) >= 11 is 5.88. The van der Waals surface area contributed by atoms with Crippen molar-refractivity contribution >= 4 is 17.4 Å². The van der Waals surface area contributed by atoms with Crippen molar-refractivity contribution in [1.29, 1.82) is 0 Å². The smallest absolute Gasteiger partial charge is 0.166 e. The fraction of sp³-hybridized carbons (Fsp3) is 0.455. The van der Waals surface area contributed by atoms with Gasteiger partial charge in [-0.15, -0.1) is 0 Å². The third-order valence-corrected chi connectivity index (χ3v) is 2.17. The molecule has 2 nitrogen and oxygen atoms in total. The molecule has 0 unspecified atom stereocenters. The zero-order valence-electron chi connectivity index (χ0n) is 8.67. The summed E-state index contributed by atoms with van der Waals surface area (Å²) in [4.78, 5) is 15.7. The van der Waals surface area contributed by atoms with Crippen molar-refractivity contribution in [3.05, 3.63) is 28.5 Å². The van der Waals surface area contributed by atoms with Crippen molar-refractivity contribution in [1.82, 2.24) is 4.98 Å². The fourth-order valence-electron chi connectivity index (χ4n) is 1.21. The molecule has 0 spiro atoms. The molecule has 0 aliphatic heterocycles. The number of aromatic nitrogens is 1. The fourth-order valence-corrected chi connectivity index (χ4v) is 1.52. The Labute approximate surface area is 89.3 Å².